The van der Waals surface area contributed by atoms with Crippen LogP contribution >= 0.6 is 0 Å². The molecule has 4 unspecified atom stereocenters. The molecular formula is C7H12O3. The zero-order chi connectivity index (χ0) is 7.14. The summed E-state index contributed by atoms with van der Waals surface area (Å²) in [5.41, 5.74) is 0. The minimum atomic E-state index is -0.418. The lowest BCUT2D eigenvalue weighted by molar-refractivity contribution is -0.106. The fraction of sp³-hybridized carbons (Fsp3) is 1.00. The van der Waals surface area contributed by atoms with Gasteiger partial charge in [0.25, 0.3) is 0 Å². The van der Waals surface area contributed by atoms with Crippen LogP contribution in [0.4, 0.5) is 0 Å². The largest absolute Gasteiger partial charge is 0.388 e. The molecule has 2 fully saturated rings. The van der Waals surface area contributed by atoms with Crippen LogP contribution in [-0.4, -0.2) is 36.1 Å². The van der Waals surface area contributed by atoms with Crippen LogP contribution in [0.15, 0.2) is 0 Å². The second-order valence-electron chi connectivity index (χ2n) is 3.06. The predicted molar refractivity (Wildman–Crippen MR) is 34.7 cm³/mol. The van der Waals surface area contributed by atoms with Crippen LogP contribution in [0.2, 0.25) is 0 Å². The van der Waals surface area contributed by atoms with E-state index in [9.17, 15) is 5.11 Å². The highest BCUT2D eigenvalue weighted by atomic mass is 16.6. The molecule has 2 heterocycles. The lowest BCUT2D eigenvalue weighted by Crippen LogP contribution is -2.42. The standard InChI is InChI=1S/C7H12O3/c1-4-7(8)6-2-5(10-4)3-9-6/h4-8H,2-3H2,1H3. The quantitative estimate of drug-likeness (QED) is 0.517. The van der Waals surface area contributed by atoms with Gasteiger partial charge in [-0.25, -0.2) is 0 Å². The van der Waals surface area contributed by atoms with Gasteiger partial charge in [0.15, 0.2) is 0 Å². The molecule has 0 saturated carbocycles. The Morgan fingerprint density at radius 2 is 2.30 bits per heavy atom. The molecule has 2 aliphatic rings. The van der Waals surface area contributed by atoms with Gasteiger partial charge in [-0.3, -0.25) is 0 Å². The van der Waals surface area contributed by atoms with E-state index >= 15 is 0 Å². The van der Waals surface area contributed by atoms with Gasteiger partial charge in [-0.1, -0.05) is 0 Å². The summed E-state index contributed by atoms with van der Waals surface area (Å²) in [6.45, 7) is 2.55. The van der Waals surface area contributed by atoms with E-state index in [2.05, 4.69) is 0 Å². The summed E-state index contributed by atoms with van der Waals surface area (Å²) in [5, 5.41) is 9.41. The first-order chi connectivity index (χ1) is 4.77. The SMILES string of the molecule is CC1OC2COC(C2)C1O. The fourth-order valence-electron chi connectivity index (χ4n) is 1.65. The molecule has 0 radical (unpaired) electrons. The third kappa shape index (κ3) is 0.856. The number of hydrogen-bond acceptors (Lipinski definition) is 3. The van der Waals surface area contributed by atoms with Crippen molar-refractivity contribution in [2.45, 2.75) is 37.8 Å². The van der Waals surface area contributed by atoms with E-state index < -0.39 is 6.10 Å². The maximum absolute atomic E-state index is 9.41. The molecule has 2 rings (SSSR count). The number of hydrogen-bond donors (Lipinski definition) is 1. The van der Waals surface area contributed by atoms with Crippen molar-refractivity contribution in [1.29, 1.82) is 0 Å². The molecule has 1 N–H and O–H groups in total. The number of aliphatic hydroxyl groups excluding tert-OH is 1. The minimum absolute atomic E-state index is 0.0359. The first-order valence-electron chi connectivity index (χ1n) is 3.72. The van der Waals surface area contributed by atoms with Crippen molar-refractivity contribution in [3.05, 3.63) is 0 Å². The van der Waals surface area contributed by atoms with Gasteiger partial charge in [0, 0.05) is 6.42 Å². The maximum Gasteiger partial charge on any atom is 0.106 e. The Hall–Kier alpha value is -0.120. The normalized spacial score (nSPS) is 53.4. The summed E-state index contributed by atoms with van der Waals surface area (Å²) < 4.78 is 10.7. The second kappa shape index (κ2) is 2.19. The van der Waals surface area contributed by atoms with E-state index in [-0.39, 0.29) is 18.3 Å². The summed E-state index contributed by atoms with van der Waals surface area (Å²) in [6.07, 6.45) is 0.674. The summed E-state index contributed by atoms with van der Waals surface area (Å²) in [4.78, 5) is 0. The highest BCUT2D eigenvalue weighted by Crippen LogP contribution is 2.28. The van der Waals surface area contributed by atoms with Crippen LogP contribution in [0, 0.1) is 0 Å². The highest BCUT2D eigenvalue weighted by molar-refractivity contribution is 4.88. The number of aliphatic hydroxyl groups is 1. The van der Waals surface area contributed by atoms with Gasteiger partial charge in [0.05, 0.1) is 24.9 Å². The molecule has 0 aromatic carbocycles. The minimum Gasteiger partial charge on any atom is -0.388 e. The molecule has 4 atom stereocenters. The Bertz CT molecular complexity index is 137. The van der Waals surface area contributed by atoms with Crippen LogP contribution in [-0.2, 0) is 9.47 Å². The van der Waals surface area contributed by atoms with Crippen LogP contribution in [0.3, 0.4) is 0 Å². The molecule has 10 heavy (non-hydrogen) atoms. The average molecular weight is 144 g/mol. The number of fused-ring (bicyclic) bond motifs is 2. The molecule has 2 saturated heterocycles. The van der Waals surface area contributed by atoms with E-state index in [0.29, 0.717) is 6.61 Å². The van der Waals surface area contributed by atoms with Gasteiger partial charge in [-0.05, 0) is 6.92 Å². The number of rotatable bonds is 0. The van der Waals surface area contributed by atoms with Crippen molar-refractivity contribution in [3.8, 4) is 0 Å². The van der Waals surface area contributed by atoms with Crippen molar-refractivity contribution in [2.75, 3.05) is 6.61 Å². The summed E-state index contributed by atoms with van der Waals surface area (Å²) in [5.74, 6) is 0. The average Bonchev–Trinajstić information content (AvgIpc) is 2.29. The van der Waals surface area contributed by atoms with Gasteiger partial charge >= 0.3 is 0 Å². The van der Waals surface area contributed by atoms with Gasteiger partial charge in [-0.2, -0.15) is 0 Å². The molecule has 0 aliphatic carbocycles. The molecule has 0 spiro atoms. The van der Waals surface area contributed by atoms with E-state index in [1.807, 2.05) is 6.92 Å². The summed E-state index contributed by atoms with van der Waals surface area (Å²) >= 11 is 0. The summed E-state index contributed by atoms with van der Waals surface area (Å²) in [6, 6.07) is 0. The lowest BCUT2D eigenvalue weighted by Gasteiger charge is -2.29. The van der Waals surface area contributed by atoms with Crippen molar-refractivity contribution in [3.63, 3.8) is 0 Å². The Morgan fingerprint density at radius 1 is 1.50 bits per heavy atom. The van der Waals surface area contributed by atoms with Crippen LogP contribution in [0.5, 0.6) is 0 Å². The Kier molecular flexibility index (Phi) is 1.44. The molecule has 2 aliphatic heterocycles. The smallest absolute Gasteiger partial charge is 0.106 e. The molecule has 3 heteroatoms. The van der Waals surface area contributed by atoms with Gasteiger partial charge in [-0.15, -0.1) is 0 Å². The van der Waals surface area contributed by atoms with Gasteiger partial charge in [0.2, 0.25) is 0 Å². The van der Waals surface area contributed by atoms with E-state index in [1.54, 1.807) is 0 Å². The molecule has 0 amide bonds. The van der Waals surface area contributed by atoms with E-state index in [1.165, 1.54) is 0 Å². The van der Waals surface area contributed by atoms with Gasteiger partial charge in [0.1, 0.15) is 6.10 Å². The Balaban J connectivity index is 2.09. The molecular weight excluding hydrogens is 132 g/mol. The molecule has 3 nitrogen and oxygen atoms in total. The molecule has 0 aromatic rings. The van der Waals surface area contributed by atoms with E-state index in [4.69, 9.17) is 9.47 Å². The second-order valence-corrected chi connectivity index (χ2v) is 3.06. The lowest BCUT2D eigenvalue weighted by atomic mass is 10.0. The summed E-state index contributed by atoms with van der Waals surface area (Å²) in [7, 11) is 0. The topological polar surface area (TPSA) is 38.7 Å². The van der Waals surface area contributed by atoms with Crippen molar-refractivity contribution >= 4 is 0 Å². The van der Waals surface area contributed by atoms with Gasteiger partial charge < -0.3 is 14.6 Å². The molecule has 2 bridgehead atoms. The van der Waals surface area contributed by atoms with Crippen molar-refractivity contribution in [1.82, 2.24) is 0 Å². The molecule has 58 valence electrons. The van der Waals surface area contributed by atoms with Crippen molar-refractivity contribution in [2.24, 2.45) is 0 Å². The maximum atomic E-state index is 9.41. The molecule has 0 aromatic heterocycles. The zero-order valence-corrected chi connectivity index (χ0v) is 5.99. The first kappa shape index (κ1) is 6.58. The van der Waals surface area contributed by atoms with Crippen LogP contribution in [0.25, 0.3) is 0 Å². The predicted octanol–water partition coefficient (Wildman–Crippen LogP) is -0.0765. The third-order valence-electron chi connectivity index (χ3n) is 2.26. The first-order valence-corrected chi connectivity index (χ1v) is 3.72. The highest BCUT2D eigenvalue weighted by Gasteiger charge is 2.40. The van der Waals surface area contributed by atoms with Crippen LogP contribution in [0.1, 0.15) is 13.3 Å². The van der Waals surface area contributed by atoms with Crippen LogP contribution < -0.4 is 0 Å². The monoisotopic (exact) mass is 144 g/mol. The number of ether oxygens (including phenoxy) is 2. The Morgan fingerprint density at radius 3 is 3.10 bits per heavy atom. The van der Waals surface area contributed by atoms with Crippen molar-refractivity contribution < 1.29 is 14.6 Å². The fourth-order valence-corrected chi connectivity index (χ4v) is 1.65. The Labute approximate surface area is 59.9 Å². The third-order valence-corrected chi connectivity index (χ3v) is 2.26. The zero-order valence-electron chi connectivity index (χ0n) is 5.99. The van der Waals surface area contributed by atoms with E-state index in [0.717, 1.165) is 6.42 Å².